The molecule has 0 saturated carbocycles. The van der Waals surface area contributed by atoms with Crippen LogP contribution in [0, 0.1) is 0 Å². The summed E-state index contributed by atoms with van der Waals surface area (Å²) >= 11 is 0. The quantitative estimate of drug-likeness (QED) is 0.808. The van der Waals surface area contributed by atoms with Crippen LogP contribution in [0.25, 0.3) is 0 Å². The Labute approximate surface area is 123 Å². The van der Waals surface area contributed by atoms with Crippen molar-refractivity contribution in [3.05, 3.63) is 23.8 Å². The second-order valence-electron chi connectivity index (χ2n) is 6.40. The molecule has 1 rings (SSSR count). The molecular weight excluding hydrogens is 301 g/mol. The number of rotatable bonds is 4. The Morgan fingerprint density at radius 1 is 1.14 bits per heavy atom. The molecular formula is C14H21F3O3Si. The highest BCUT2D eigenvalue weighted by Gasteiger charge is 2.37. The number of phenolic OH excluding ortho intramolecular Hbond substituents is 1. The summed E-state index contributed by atoms with van der Waals surface area (Å²) < 4.78 is 46.0. The molecule has 0 unspecified atom stereocenters. The molecule has 0 bridgehead atoms. The van der Waals surface area contributed by atoms with Gasteiger partial charge in [-0.05, 0) is 35.8 Å². The minimum absolute atomic E-state index is 0.0361. The molecule has 0 aliphatic rings. The van der Waals surface area contributed by atoms with Crippen molar-refractivity contribution in [3.63, 3.8) is 0 Å². The van der Waals surface area contributed by atoms with Crippen molar-refractivity contribution in [1.29, 1.82) is 0 Å². The molecule has 21 heavy (non-hydrogen) atoms. The molecule has 0 amide bonds. The van der Waals surface area contributed by atoms with Gasteiger partial charge in [-0.3, -0.25) is 0 Å². The van der Waals surface area contributed by atoms with E-state index in [1.54, 1.807) is 0 Å². The molecule has 0 aliphatic carbocycles. The van der Waals surface area contributed by atoms with E-state index in [1.807, 2.05) is 0 Å². The summed E-state index contributed by atoms with van der Waals surface area (Å²) in [5.74, 6) is -1.16. The lowest BCUT2D eigenvalue weighted by atomic mass is 10.2. The van der Waals surface area contributed by atoms with Gasteiger partial charge in [-0.2, -0.15) is 0 Å². The van der Waals surface area contributed by atoms with Crippen LogP contribution in [0.3, 0.4) is 0 Å². The van der Waals surface area contributed by atoms with Crippen molar-refractivity contribution in [2.24, 2.45) is 0 Å². The van der Waals surface area contributed by atoms with E-state index in [0.717, 1.165) is 6.07 Å². The SMILES string of the molecule is CC(C)(C)[Si](C)(C)OCc1ccc(OC(F)(F)F)c(O)c1. The van der Waals surface area contributed by atoms with Gasteiger partial charge in [-0.15, -0.1) is 13.2 Å². The number of hydrogen-bond acceptors (Lipinski definition) is 3. The first-order chi connectivity index (χ1) is 9.32. The zero-order valence-electron chi connectivity index (χ0n) is 12.8. The Balaban J connectivity index is 2.77. The third kappa shape index (κ3) is 5.24. The van der Waals surface area contributed by atoms with E-state index in [-0.39, 0.29) is 11.6 Å². The van der Waals surface area contributed by atoms with Gasteiger partial charge < -0.3 is 14.3 Å². The summed E-state index contributed by atoms with van der Waals surface area (Å²) in [5.41, 5.74) is 0.604. The lowest BCUT2D eigenvalue weighted by Crippen LogP contribution is -2.40. The Morgan fingerprint density at radius 3 is 2.14 bits per heavy atom. The van der Waals surface area contributed by atoms with Crippen LogP contribution in [0.1, 0.15) is 26.3 Å². The summed E-state index contributed by atoms with van der Waals surface area (Å²) in [6, 6.07) is 3.77. The first-order valence-corrected chi connectivity index (χ1v) is 9.44. The third-order valence-corrected chi connectivity index (χ3v) is 8.13. The average molecular weight is 322 g/mol. The Kier molecular flexibility index (Phi) is 5.00. The maximum absolute atomic E-state index is 12.1. The van der Waals surface area contributed by atoms with Crippen molar-refractivity contribution >= 4 is 8.32 Å². The predicted molar refractivity (Wildman–Crippen MR) is 76.8 cm³/mol. The monoisotopic (exact) mass is 322 g/mol. The topological polar surface area (TPSA) is 38.7 Å². The first-order valence-electron chi connectivity index (χ1n) is 6.53. The van der Waals surface area contributed by atoms with Gasteiger partial charge in [0.1, 0.15) is 0 Å². The highest BCUT2D eigenvalue weighted by atomic mass is 28.4. The van der Waals surface area contributed by atoms with Crippen LogP contribution in [-0.2, 0) is 11.0 Å². The molecule has 0 fully saturated rings. The number of benzene rings is 1. The van der Waals surface area contributed by atoms with Gasteiger partial charge in [-0.25, -0.2) is 0 Å². The molecule has 0 aliphatic heterocycles. The van der Waals surface area contributed by atoms with E-state index in [2.05, 4.69) is 38.6 Å². The predicted octanol–water partition coefficient (Wildman–Crippen LogP) is 4.81. The van der Waals surface area contributed by atoms with Gasteiger partial charge in [0.2, 0.25) is 0 Å². The van der Waals surface area contributed by atoms with Crippen LogP contribution in [0.4, 0.5) is 13.2 Å². The van der Waals surface area contributed by atoms with Crippen molar-refractivity contribution < 1.29 is 27.4 Å². The average Bonchev–Trinajstić information content (AvgIpc) is 2.26. The lowest BCUT2D eigenvalue weighted by molar-refractivity contribution is -0.275. The Hall–Kier alpha value is -1.21. The van der Waals surface area contributed by atoms with Crippen LogP contribution >= 0.6 is 0 Å². The number of halogens is 3. The number of phenols is 1. The summed E-state index contributed by atoms with van der Waals surface area (Å²) in [7, 11) is -1.95. The summed E-state index contributed by atoms with van der Waals surface area (Å²) in [6.07, 6.45) is -4.82. The molecule has 0 radical (unpaired) electrons. The number of aromatic hydroxyl groups is 1. The zero-order chi connectivity index (χ0) is 16.5. The normalized spacial score (nSPS) is 13.3. The smallest absolute Gasteiger partial charge is 0.504 e. The second-order valence-corrected chi connectivity index (χ2v) is 11.2. The van der Waals surface area contributed by atoms with Crippen LogP contribution in [-0.4, -0.2) is 19.8 Å². The molecule has 1 aromatic carbocycles. The third-order valence-electron chi connectivity index (χ3n) is 3.65. The van der Waals surface area contributed by atoms with Crippen LogP contribution < -0.4 is 4.74 Å². The fourth-order valence-electron chi connectivity index (χ4n) is 1.34. The van der Waals surface area contributed by atoms with Crippen LogP contribution in [0.15, 0.2) is 18.2 Å². The van der Waals surface area contributed by atoms with Gasteiger partial charge in [0.05, 0.1) is 6.61 Å². The maximum atomic E-state index is 12.1. The summed E-state index contributed by atoms with van der Waals surface area (Å²) in [4.78, 5) is 0. The van der Waals surface area contributed by atoms with E-state index >= 15 is 0 Å². The van der Waals surface area contributed by atoms with Gasteiger partial charge in [0, 0.05) is 0 Å². The number of hydrogen-bond donors (Lipinski definition) is 1. The molecule has 0 heterocycles. The molecule has 7 heteroatoms. The standard InChI is InChI=1S/C14H21F3O3Si/c1-13(2,3)21(4,5)19-9-10-6-7-12(11(18)8-10)20-14(15,16)17/h6-8,18H,9H2,1-5H3. The van der Waals surface area contributed by atoms with Gasteiger partial charge in [0.15, 0.2) is 19.8 Å². The molecule has 3 nitrogen and oxygen atoms in total. The van der Waals surface area contributed by atoms with E-state index in [4.69, 9.17) is 4.43 Å². The van der Waals surface area contributed by atoms with E-state index < -0.39 is 26.2 Å². The zero-order valence-corrected chi connectivity index (χ0v) is 13.8. The first kappa shape index (κ1) is 17.8. The fraction of sp³-hybridized carbons (Fsp3) is 0.571. The van der Waals surface area contributed by atoms with Gasteiger partial charge in [0.25, 0.3) is 0 Å². The van der Waals surface area contributed by atoms with Crippen molar-refractivity contribution in [2.75, 3.05) is 0 Å². The highest BCUT2D eigenvalue weighted by molar-refractivity contribution is 6.74. The van der Waals surface area contributed by atoms with Gasteiger partial charge >= 0.3 is 6.36 Å². The van der Waals surface area contributed by atoms with E-state index in [1.165, 1.54) is 12.1 Å². The highest BCUT2D eigenvalue weighted by Crippen LogP contribution is 2.38. The molecule has 0 saturated heterocycles. The minimum atomic E-state index is -4.82. The number of ether oxygens (including phenoxy) is 1. The maximum Gasteiger partial charge on any atom is 0.573 e. The fourth-order valence-corrected chi connectivity index (χ4v) is 2.30. The Bertz CT molecular complexity index is 493. The summed E-state index contributed by atoms with van der Waals surface area (Å²) in [5, 5.41) is 9.61. The minimum Gasteiger partial charge on any atom is -0.504 e. The van der Waals surface area contributed by atoms with Gasteiger partial charge in [-0.1, -0.05) is 26.8 Å². The van der Waals surface area contributed by atoms with Crippen LogP contribution in [0.5, 0.6) is 11.5 Å². The molecule has 0 spiro atoms. The lowest BCUT2D eigenvalue weighted by Gasteiger charge is -2.36. The summed E-state index contributed by atoms with van der Waals surface area (Å²) in [6.45, 7) is 10.7. The molecule has 1 aromatic rings. The van der Waals surface area contributed by atoms with E-state index in [0.29, 0.717) is 5.56 Å². The number of alkyl halides is 3. The Morgan fingerprint density at radius 2 is 1.71 bits per heavy atom. The largest absolute Gasteiger partial charge is 0.573 e. The van der Waals surface area contributed by atoms with Crippen LogP contribution in [0.2, 0.25) is 18.1 Å². The molecule has 120 valence electrons. The van der Waals surface area contributed by atoms with Crippen molar-refractivity contribution in [2.45, 2.75) is 51.9 Å². The van der Waals surface area contributed by atoms with E-state index in [9.17, 15) is 18.3 Å². The second kappa shape index (κ2) is 5.88. The van der Waals surface area contributed by atoms with Crippen molar-refractivity contribution in [1.82, 2.24) is 0 Å². The molecule has 0 atom stereocenters. The van der Waals surface area contributed by atoms with Crippen molar-refractivity contribution in [3.8, 4) is 11.5 Å². The molecule has 1 N–H and O–H groups in total. The molecule has 0 aromatic heterocycles.